The highest BCUT2D eigenvalue weighted by Gasteiger charge is 2.26. The first-order valence-corrected chi connectivity index (χ1v) is 9.31. The van der Waals surface area contributed by atoms with Crippen molar-refractivity contribution in [2.24, 2.45) is 5.92 Å². The fourth-order valence-corrected chi connectivity index (χ4v) is 3.73. The minimum atomic E-state index is 0.00201. The van der Waals surface area contributed by atoms with Crippen molar-refractivity contribution < 1.29 is 4.79 Å². The van der Waals surface area contributed by atoms with Crippen LogP contribution in [0.15, 0.2) is 53.0 Å². The summed E-state index contributed by atoms with van der Waals surface area (Å²) in [7, 11) is 0. The minimum Gasteiger partial charge on any atom is -0.324 e. The maximum atomic E-state index is 12.6. The molecule has 5 heteroatoms. The number of hydrogen-bond donors (Lipinski definition) is 1. The van der Waals surface area contributed by atoms with Crippen molar-refractivity contribution in [3.8, 4) is 0 Å². The maximum Gasteiger partial charge on any atom is 0.228 e. The van der Waals surface area contributed by atoms with E-state index in [1.165, 1.54) is 5.56 Å². The second-order valence-corrected chi connectivity index (χ2v) is 7.50. The summed E-state index contributed by atoms with van der Waals surface area (Å²) in [6.45, 7) is 2.68. The lowest BCUT2D eigenvalue weighted by molar-refractivity contribution is -0.121. The summed E-state index contributed by atoms with van der Waals surface area (Å²) in [6.07, 6.45) is 1.96. The van der Waals surface area contributed by atoms with E-state index in [1.807, 2.05) is 30.3 Å². The molecular formula is C19H20BrClN2O. The second-order valence-electron chi connectivity index (χ2n) is 6.17. The Bertz CT molecular complexity index is 722. The summed E-state index contributed by atoms with van der Waals surface area (Å²) in [5, 5.41) is 3.54. The molecule has 0 spiro atoms. The average molecular weight is 408 g/mol. The Labute approximate surface area is 156 Å². The van der Waals surface area contributed by atoms with Crippen LogP contribution in [-0.2, 0) is 11.3 Å². The molecule has 126 valence electrons. The van der Waals surface area contributed by atoms with Crippen molar-refractivity contribution in [3.05, 3.63) is 63.6 Å². The average Bonchev–Trinajstić information content (AvgIpc) is 2.57. The summed E-state index contributed by atoms with van der Waals surface area (Å²) < 4.78 is 1.09. The zero-order valence-electron chi connectivity index (χ0n) is 13.3. The van der Waals surface area contributed by atoms with Gasteiger partial charge in [-0.15, -0.1) is 0 Å². The van der Waals surface area contributed by atoms with Gasteiger partial charge in [0.2, 0.25) is 5.91 Å². The number of hydrogen-bond acceptors (Lipinski definition) is 2. The Morgan fingerprint density at radius 3 is 2.88 bits per heavy atom. The third-order valence-electron chi connectivity index (χ3n) is 4.30. The van der Waals surface area contributed by atoms with E-state index < -0.39 is 0 Å². The fourth-order valence-electron chi connectivity index (χ4n) is 3.10. The largest absolute Gasteiger partial charge is 0.324 e. The van der Waals surface area contributed by atoms with Crippen molar-refractivity contribution in [2.45, 2.75) is 19.4 Å². The van der Waals surface area contributed by atoms with Gasteiger partial charge in [0.25, 0.3) is 0 Å². The van der Waals surface area contributed by atoms with Gasteiger partial charge in [-0.2, -0.15) is 0 Å². The predicted octanol–water partition coefficient (Wildman–Crippen LogP) is 4.95. The van der Waals surface area contributed by atoms with Gasteiger partial charge in [-0.3, -0.25) is 9.69 Å². The molecule has 1 aliphatic heterocycles. The highest BCUT2D eigenvalue weighted by atomic mass is 79.9. The standard InChI is InChI=1S/C19H20BrClN2O/c20-16-7-3-5-14(11-16)12-23-10-4-6-15(13-23)19(24)22-18-9-2-1-8-17(18)21/h1-3,5,7-9,11,15H,4,6,10,12-13H2,(H,22,24). The van der Waals surface area contributed by atoms with Gasteiger partial charge in [0, 0.05) is 17.6 Å². The van der Waals surface area contributed by atoms with Gasteiger partial charge >= 0.3 is 0 Å². The molecule has 1 fully saturated rings. The molecule has 1 amide bonds. The molecule has 2 aromatic rings. The molecule has 0 radical (unpaired) electrons. The van der Waals surface area contributed by atoms with Crippen molar-refractivity contribution in [1.82, 2.24) is 4.90 Å². The van der Waals surface area contributed by atoms with Gasteiger partial charge in [-0.25, -0.2) is 0 Å². The molecule has 1 atom stereocenters. The molecule has 0 bridgehead atoms. The molecule has 1 unspecified atom stereocenters. The number of anilines is 1. The van der Waals surface area contributed by atoms with Crippen LogP contribution in [0.3, 0.4) is 0 Å². The lowest BCUT2D eigenvalue weighted by Gasteiger charge is -2.32. The highest BCUT2D eigenvalue weighted by Crippen LogP contribution is 2.24. The van der Waals surface area contributed by atoms with Crippen LogP contribution in [0.2, 0.25) is 5.02 Å². The number of rotatable bonds is 4. The molecule has 2 aromatic carbocycles. The van der Waals surface area contributed by atoms with Crippen LogP contribution in [0.1, 0.15) is 18.4 Å². The topological polar surface area (TPSA) is 32.3 Å². The van der Waals surface area contributed by atoms with Crippen LogP contribution < -0.4 is 5.32 Å². The van der Waals surface area contributed by atoms with E-state index in [1.54, 1.807) is 6.07 Å². The molecule has 1 heterocycles. The van der Waals surface area contributed by atoms with Gasteiger partial charge in [0.05, 0.1) is 16.6 Å². The zero-order valence-corrected chi connectivity index (χ0v) is 15.7. The number of halogens is 2. The first kappa shape index (κ1) is 17.5. The Kier molecular flexibility index (Phi) is 5.93. The smallest absolute Gasteiger partial charge is 0.228 e. The van der Waals surface area contributed by atoms with Crippen LogP contribution in [-0.4, -0.2) is 23.9 Å². The Morgan fingerprint density at radius 1 is 1.25 bits per heavy atom. The molecule has 3 rings (SSSR count). The third-order valence-corrected chi connectivity index (χ3v) is 5.13. The van der Waals surface area contributed by atoms with Gasteiger partial charge in [0.1, 0.15) is 0 Å². The molecule has 0 saturated carbocycles. The van der Waals surface area contributed by atoms with Crippen LogP contribution >= 0.6 is 27.5 Å². The molecule has 3 nitrogen and oxygen atoms in total. The van der Waals surface area contributed by atoms with Gasteiger partial charge in [-0.05, 0) is 49.2 Å². The predicted molar refractivity (Wildman–Crippen MR) is 102 cm³/mol. The van der Waals surface area contributed by atoms with Crippen molar-refractivity contribution in [2.75, 3.05) is 18.4 Å². The van der Waals surface area contributed by atoms with Crippen LogP contribution in [0.5, 0.6) is 0 Å². The number of benzene rings is 2. The van der Waals surface area contributed by atoms with E-state index in [4.69, 9.17) is 11.6 Å². The maximum absolute atomic E-state index is 12.6. The van der Waals surface area contributed by atoms with E-state index in [2.05, 4.69) is 38.3 Å². The quantitative estimate of drug-likeness (QED) is 0.777. The first-order valence-electron chi connectivity index (χ1n) is 8.14. The molecule has 1 aliphatic rings. The Hall–Kier alpha value is -1.36. The van der Waals surface area contributed by atoms with E-state index in [9.17, 15) is 4.79 Å². The van der Waals surface area contributed by atoms with Crippen LogP contribution in [0, 0.1) is 5.92 Å². The molecular weight excluding hydrogens is 388 g/mol. The Balaban J connectivity index is 1.60. The van der Waals surface area contributed by atoms with Gasteiger partial charge in [-0.1, -0.05) is 51.8 Å². The number of carbonyl (C=O) groups is 1. The monoisotopic (exact) mass is 406 g/mol. The molecule has 24 heavy (non-hydrogen) atoms. The van der Waals surface area contributed by atoms with E-state index >= 15 is 0 Å². The van der Waals surface area contributed by atoms with E-state index in [0.29, 0.717) is 10.7 Å². The van der Waals surface area contributed by atoms with Gasteiger partial charge in [0.15, 0.2) is 0 Å². The zero-order chi connectivity index (χ0) is 16.9. The van der Waals surface area contributed by atoms with Crippen molar-refractivity contribution >= 4 is 39.1 Å². The number of nitrogens with zero attached hydrogens (tertiary/aromatic N) is 1. The van der Waals surface area contributed by atoms with E-state index in [0.717, 1.165) is 36.9 Å². The summed E-state index contributed by atoms with van der Waals surface area (Å²) in [6, 6.07) is 15.7. The molecule has 1 N–H and O–H groups in total. The number of carbonyl (C=O) groups excluding carboxylic acids is 1. The first-order chi connectivity index (χ1) is 11.6. The minimum absolute atomic E-state index is 0.00201. The summed E-state index contributed by atoms with van der Waals surface area (Å²) in [5.74, 6) is 0.0595. The van der Waals surface area contributed by atoms with Crippen molar-refractivity contribution in [1.29, 1.82) is 0 Å². The Morgan fingerprint density at radius 2 is 2.08 bits per heavy atom. The number of piperidine rings is 1. The highest BCUT2D eigenvalue weighted by molar-refractivity contribution is 9.10. The fraction of sp³-hybridized carbons (Fsp3) is 0.316. The second kappa shape index (κ2) is 8.15. The number of likely N-dealkylation sites (tertiary alicyclic amines) is 1. The molecule has 1 saturated heterocycles. The van der Waals surface area contributed by atoms with E-state index in [-0.39, 0.29) is 11.8 Å². The van der Waals surface area contributed by atoms with Crippen LogP contribution in [0.25, 0.3) is 0 Å². The van der Waals surface area contributed by atoms with Gasteiger partial charge < -0.3 is 5.32 Å². The lowest BCUT2D eigenvalue weighted by atomic mass is 9.96. The number of para-hydroxylation sites is 1. The lowest BCUT2D eigenvalue weighted by Crippen LogP contribution is -2.40. The summed E-state index contributed by atoms with van der Waals surface area (Å²) in [5.41, 5.74) is 1.95. The van der Waals surface area contributed by atoms with Crippen LogP contribution in [0.4, 0.5) is 5.69 Å². The summed E-state index contributed by atoms with van der Waals surface area (Å²) in [4.78, 5) is 14.9. The number of amides is 1. The third kappa shape index (κ3) is 4.59. The molecule has 0 aromatic heterocycles. The normalized spacial score (nSPS) is 18.3. The SMILES string of the molecule is O=C(Nc1ccccc1Cl)C1CCCN(Cc2cccc(Br)c2)C1. The van der Waals surface area contributed by atoms with Crippen molar-refractivity contribution in [3.63, 3.8) is 0 Å². The number of nitrogens with one attached hydrogen (secondary N) is 1. The summed E-state index contributed by atoms with van der Waals surface area (Å²) >= 11 is 9.64. The molecule has 0 aliphatic carbocycles.